The van der Waals surface area contributed by atoms with Crippen LogP contribution in [0, 0.1) is 0 Å². The third-order valence-corrected chi connectivity index (χ3v) is 3.02. The lowest BCUT2D eigenvalue weighted by Crippen LogP contribution is -2.45. The third kappa shape index (κ3) is 1.17. The zero-order valence-electron chi connectivity index (χ0n) is 7.03. The maximum absolute atomic E-state index is 8.77. The molecule has 2 aliphatic heterocycles. The molecule has 2 aliphatic rings. The molecule has 2 rings (SSSR count). The van der Waals surface area contributed by atoms with Crippen molar-refractivity contribution < 1.29 is 5.11 Å². The number of likely N-dealkylation sites (N-methyl/N-ethyl adjacent to an activating group) is 1. The van der Waals surface area contributed by atoms with Crippen LogP contribution in [0.3, 0.4) is 0 Å². The van der Waals surface area contributed by atoms with E-state index < -0.39 is 0 Å². The lowest BCUT2D eigenvalue weighted by Gasteiger charge is -2.31. The van der Waals surface area contributed by atoms with Crippen LogP contribution in [-0.2, 0) is 0 Å². The second-order valence-corrected chi connectivity index (χ2v) is 3.70. The summed E-state index contributed by atoms with van der Waals surface area (Å²) >= 11 is 0. The van der Waals surface area contributed by atoms with Crippen LogP contribution in [0.5, 0.6) is 0 Å². The van der Waals surface area contributed by atoms with Crippen LogP contribution in [0.4, 0.5) is 0 Å². The zero-order valence-corrected chi connectivity index (χ0v) is 7.03. The summed E-state index contributed by atoms with van der Waals surface area (Å²) in [6, 6.07) is 1.50. The number of rotatable bonds is 2. The smallest absolute Gasteiger partial charge is 0.0558 e. The van der Waals surface area contributed by atoms with E-state index in [1.807, 2.05) is 0 Å². The van der Waals surface area contributed by atoms with Crippen molar-refractivity contribution in [1.29, 1.82) is 0 Å². The minimum atomic E-state index is 0.312. The Balaban J connectivity index is 1.92. The molecule has 0 radical (unpaired) electrons. The fraction of sp³-hybridized carbons (Fsp3) is 1.00. The second-order valence-electron chi connectivity index (χ2n) is 3.70. The normalized spacial score (nSPS) is 38.7. The molecule has 2 bridgehead atoms. The number of β-amino-alcohol motifs (C(OH)–C–C–N with tert-alkyl or cyclic N) is 1. The molecule has 2 saturated heterocycles. The average Bonchev–Trinajstić information content (AvgIpc) is 2.47. The van der Waals surface area contributed by atoms with Gasteiger partial charge in [0.2, 0.25) is 0 Å². The van der Waals surface area contributed by atoms with Gasteiger partial charge in [0.1, 0.15) is 0 Å². The van der Waals surface area contributed by atoms with Crippen molar-refractivity contribution in [2.45, 2.75) is 18.5 Å². The molecule has 0 saturated carbocycles. The predicted octanol–water partition coefficient (Wildman–Crippen LogP) is -0.633. The minimum Gasteiger partial charge on any atom is -0.395 e. The first-order valence-electron chi connectivity index (χ1n) is 4.36. The molecule has 11 heavy (non-hydrogen) atoms. The van der Waals surface area contributed by atoms with E-state index in [1.54, 1.807) is 0 Å². The number of fused-ring (bicyclic) bond motifs is 2. The van der Waals surface area contributed by atoms with E-state index in [4.69, 9.17) is 5.11 Å². The number of piperazine rings is 1. The van der Waals surface area contributed by atoms with E-state index in [9.17, 15) is 0 Å². The predicted molar refractivity (Wildman–Crippen MR) is 43.5 cm³/mol. The Morgan fingerprint density at radius 2 is 2.18 bits per heavy atom. The van der Waals surface area contributed by atoms with Crippen LogP contribution in [0.25, 0.3) is 0 Å². The van der Waals surface area contributed by atoms with Crippen molar-refractivity contribution in [3.05, 3.63) is 0 Å². The Bertz CT molecular complexity index is 149. The Kier molecular flexibility index (Phi) is 1.87. The quantitative estimate of drug-likeness (QED) is 0.576. The molecule has 2 heterocycles. The van der Waals surface area contributed by atoms with Gasteiger partial charge in [-0.1, -0.05) is 0 Å². The number of aliphatic hydroxyl groups is 1. The highest BCUT2D eigenvalue weighted by Gasteiger charge is 2.40. The summed E-state index contributed by atoms with van der Waals surface area (Å²) in [4.78, 5) is 4.84. The monoisotopic (exact) mass is 156 g/mol. The lowest BCUT2D eigenvalue weighted by molar-refractivity contribution is 0.124. The van der Waals surface area contributed by atoms with Crippen molar-refractivity contribution >= 4 is 0 Å². The molecule has 3 nitrogen and oxygen atoms in total. The molecule has 0 aromatic carbocycles. The van der Waals surface area contributed by atoms with Gasteiger partial charge in [0, 0.05) is 31.7 Å². The zero-order chi connectivity index (χ0) is 7.84. The summed E-state index contributed by atoms with van der Waals surface area (Å²) in [6.07, 6.45) is 1.32. The summed E-state index contributed by atoms with van der Waals surface area (Å²) in [6.45, 7) is 3.55. The van der Waals surface area contributed by atoms with E-state index in [2.05, 4.69) is 16.8 Å². The Labute approximate surface area is 67.6 Å². The van der Waals surface area contributed by atoms with Crippen LogP contribution in [0.15, 0.2) is 0 Å². The summed E-state index contributed by atoms with van der Waals surface area (Å²) < 4.78 is 0. The van der Waals surface area contributed by atoms with Crippen molar-refractivity contribution in [3.63, 3.8) is 0 Å². The standard InChI is InChI=1S/C8H16N2O/c1-9-5-8-4-7(9)6-10(8)2-3-11/h7-8,11H,2-6H2,1H3. The Morgan fingerprint density at radius 3 is 2.64 bits per heavy atom. The van der Waals surface area contributed by atoms with Gasteiger partial charge in [0.25, 0.3) is 0 Å². The lowest BCUT2D eigenvalue weighted by atomic mass is 10.2. The van der Waals surface area contributed by atoms with Gasteiger partial charge in [-0.25, -0.2) is 0 Å². The van der Waals surface area contributed by atoms with Crippen LogP contribution in [-0.4, -0.2) is 60.3 Å². The molecule has 2 fully saturated rings. The first kappa shape index (κ1) is 7.53. The van der Waals surface area contributed by atoms with Gasteiger partial charge < -0.3 is 10.0 Å². The van der Waals surface area contributed by atoms with Crippen LogP contribution in [0.1, 0.15) is 6.42 Å². The van der Waals surface area contributed by atoms with Gasteiger partial charge in [-0.15, -0.1) is 0 Å². The minimum absolute atomic E-state index is 0.312. The topological polar surface area (TPSA) is 26.7 Å². The third-order valence-electron chi connectivity index (χ3n) is 3.02. The molecule has 0 amide bonds. The molecule has 64 valence electrons. The Morgan fingerprint density at radius 1 is 1.36 bits per heavy atom. The maximum atomic E-state index is 8.77. The molecule has 0 spiro atoms. The summed E-state index contributed by atoms with van der Waals surface area (Å²) in [7, 11) is 2.20. The van der Waals surface area contributed by atoms with Crippen LogP contribution in [0.2, 0.25) is 0 Å². The van der Waals surface area contributed by atoms with E-state index >= 15 is 0 Å². The van der Waals surface area contributed by atoms with Gasteiger partial charge in [0.15, 0.2) is 0 Å². The molecule has 0 aromatic heterocycles. The van der Waals surface area contributed by atoms with E-state index in [-0.39, 0.29) is 0 Å². The summed E-state index contributed by atoms with van der Waals surface area (Å²) in [5.74, 6) is 0. The first-order valence-corrected chi connectivity index (χ1v) is 4.36. The van der Waals surface area contributed by atoms with Crippen LogP contribution >= 0.6 is 0 Å². The maximum Gasteiger partial charge on any atom is 0.0558 e. The first-order chi connectivity index (χ1) is 5.31. The number of likely N-dealkylation sites (tertiary alicyclic amines) is 2. The largest absolute Gasteiger partial charge is 0.395 e. The van der Waals surface area contributed by atoms with Crippen molar-refractivity contribution in [2.24, 2.45) is 0 Å². The number of hydrogen-bond acceptors (Lipinski definition) is 3. The average molecular weight is 156 g/mol. The number of aliphatic hydroxyl groups excluding tert-OH is 1. The highest BCUT2D eigenvalue weighted by Crippen LogP contribution is 2.28. The SMILES string of the molecule is CN1CC2CC1CN2CCO. The van der Waals surface area contributed by atoms with E-state index in [0.29, 0.717) is 6.61 Å². The molecular formula is C8H16N2O. The summed E-state index contributed by atoms with van der Waals surface area (Å²) in [5, 5.41) is 8.77. The van der Waals surface area contributed by atoms with E-state index in [1.165, 1.54) is 19.5 Å². The van der Waals surface area contributed by atoms with Gasteiger partial charge in [0.05, 0.1) is 6.61 Å². The van der Waals surface area contributed by atoms with Gasteiger partial charge in [-0.3, -0.25) is 4.90 Å². The van der Waals surface area contributed by atoms with Gasteiger partial charge in [-0.2, -0.15) is 0 Å². The van der Waals surface area contributed by atoms with E-state index in [0.717, 1.165) is 18.6 Å². The second kappa shape index (κ2) is 2.73. The molecule has 2 unspecified atom stereocenters. The molecule has 2 atom stereocenters. The van der Waals surface area contributed by atoms with Gasteiger partial charge in [-0.05, 0) is 13.5 Å². The molecule has 1 N–H and O–H groups in total. The molecule has 0 aromatic rings. The van der Waals surface area contributed by atoms with Crippen molar-refractivity contribution in [3.8, 4) is 0 Å². The Hall–Kier alpha value is -0.120. The van der Waals surface area contributed by atoms with Gasteiger partial charge >= 0.3 is 0 Å². The molecule has 3 heteroatoms. The van der Waals surface area contributed by atoms with Crippen LogP contribution < -0.4 is 0 Å². The highest BCUT2D eigenvalue weighted by molar-refractivity contribution is 4.97. The molecular weight excluding hydrogens is 140 g/mol. The fourth-order valence-corrected chi connectivity index (χ4v) is 2.35. The highest BCUT2D eigenvalue weighted by atomic mass is 16.3. The van der Waals surface area contributed by atoms with Crippen molar-refractivity contribution in [2.75, 3.05) is 33.3 Å². The fourth-order valence-electron chi connectivity index (χ4n) is 2.35. The number of nitrogens with zero attached hydrogens (tertiary/aromatic N) is 2. The van der Waals surface area contributed by atoms with Crippen molar-refractivity contribution in [1.82, 2.24) is 9.80 Å². The molecule has 0 aliphatic carbocycles. The summed E-state index contributed by atoms with van der Waals surface area (Å²) in [5.41, 5.74) is 0. The number of hydrogen-bond donors (Lipinski definition) is 1.